The van der Waals surface area contributed by atoms with E-state index in [2.05, 4.69) is 27.2 Å². The van der Waals surface area contributed by atoms with Gasteiger partial charge in [0.05, 0.1) is 12.8 Å². The molecule has 0 radical (unpaired) electrons. The summed E-state index contributed by atoms with van der Waals surface area (Å²) in [6.45, 7) is 3.01. The number of pyridine rings is 1. The normalized spacial score (nSPS) is 10.1. The lowest BCUT2D eigenvalue weighted by Crippen LogP contribution is -2.02. The highest BCUT2D eigenvalue weighted by molar-refractivity contribution is 5.61. The molecule has 0 unspecified atom stereocenters. The van der Waals surface area contributed by atoms with Gasteiger partial charge >= 0.3 is 0 Å². The Hall–Kier alpha value is -2.17. The van der Waals surface area contributed by atoms with E-state index in [9.17, 15) is 0 Å². The lowest BCUT2D eigenvalue weighted by Gasteiger charge is -2.06. The topological polar surface area (TPSA) is 59.9 Å². The SMILES string of the molecule is CCCNc1cc(-c2ccc(OC)nc2)ncn1. The summed E-state index contributed by atoms with van der Waals surface area (Å²) in [5.74, 6) is 1.43. The molecule has 0 saturated carbocycles. The molecule has 0 amide bonds. The Bertz CT molecular complexity index is 499. The lowest BCUT2D eigenvalue weighted by atomic mass is 10.2. The predicted molar refractivity (Wildman–Crippen MR) is 70.6 cm³/mol. The number of hydrogen-bond donors (Lipinski definition) is 1. The van der Waals surface area contributed by atoms with Gasteiger partial charge in [-0.1, -0.05) is 6.92 Å². The second-order valence-corrected chi connectivity index (χ2v) is 3.80. The summed E-state index contributed by atoms with van der Waals surface area (Å²) in [7, 11) is 1.60. The van der Waals surface area contributed by atoms with Gasteiger partial charge in [0, 0.05) is 30.4 Å². The van der Waals surface area contributed by atoms with Crippen LogP contribution in [0.25, 0.3) is 11.3 Å². The summed E-state index contributed by atoms with van der Waals surface area (Å²) >= 11 is 0. The molecule has 0 bridgehead atoms. The first kappa shape index (κ1) is 12.3. The summed E-state index contributed by atoms with van der Waals surface area (Å²) in [4.78, 5) is 12.6. The van der Waals surface area contributed by atoms with Crippen LogP contribution in [0.1, 0.15) is 13.3 Å². The predicted octanol–water partition coefficient (Wildman–Crippen LogP) is 2.37. The van der Waals surface area contributed by atoms with Crippen LogP contribution in [-0.2, 0) is 0 Å². The molecule has 2 rings (SSSR count). The maximum absolute atomic E-state index is 5.03. The molecular weight excluding hydrogens is 228 g/mol. The van der Waals surface area contributed by atoms with Crippen LogP contribution in [0, 0.1) is 0 Å². The zero-order valence-electron chi connectivity index (χ0n) is 10.6. The van der Waals surface area contributed by atoms with Crippen LogP contribution in [0.3, 0.4) is 0 Å². The Morgan fingerprint density at radius 3 is 2.78 bits per heavy atom. The maximum atomic E-state index is 5.03. The smallest absolute Gasteiger partial charge is 0.212 e. The van der Waals surface area contributed by atoms with E-state index in [4.69, 9.17) is 4.74 Å². The molecule has 2 heterocycles. The van der Waals surface area contributed by atoms with Crippen LogP contribution >= 0.6 is 0 Å². The Morgan fingerprint density at radius 2 is 2.11 bits per heavy atom. The number of methoxy groups -OCH3 is 1. The van der Waals surface area contributed by atoms with E-state index in [1.807, 2.05) is 18.2 Å². The second-order valence-electron chi connectivity index (χ2n) is 3.80. The van der Waals surface area contributed by atoms with E-state index in [0.717, 1.165) is 30.0 Å². The van der Waals surface area contributed by atoms with E-state index < -0.39 is 0 Å². The number of aromatic nitrogens is 3. The van der Waals surface area contributed by atoms with Crippen molar-refractivity contribution in [2.75, 3.05) is 19.0 Å². The van der Waals surface area contributed by atoms with Gasteiger partial charge in [-0.05, 0) is 12.5 Å². The summed E-state index contributed by atoms with van der Waals surface area (Å²) < 4.78 is 5.03. The van der Waals surface area contributed by atoms with E-state index in [1.165, 1.54) is 0 Å². The van der Waals surface area contributed by atoms with Crippen LogP contribution in [0.2, 0.25) is 0 Å². The molecule has 5 nitrogen and oxygen atoms in total. The summed E-state index contributed by atoms with van der Waals surface area (Å²) in [5.41, 5.74) is 1.79. The Balaban J connectivity index is 2.20. The van der Waals surface area contributed by atoms with Crippen molar-refractivity contribution >= 4 is 5.82 Å². The van der Waals surface area contributed by atoms with Crippen molar-refractivity contribution in [2.24, 2.45) is 0 Å². The Kier molecular flexibility index (Phi) is 4.06. The minimum absolute atomic E-state index is 0.595. The summed E-state index contributed by atoms with van der Waals surface area (Å²) in [6.07, 6.45) is 4.35. The average Bonchev–Trinajstić information content (AvgIpc) is 2.45. The number of ether oxygens (including phenoxy) is 1. The summed E-state index contributed by atoms with van der Waals surface area (Å²) in [5, 5.41) is 3.23. The third-order valence-corrected chi connectivity index (χ3v) is 2.46. The molecule has 94 valence electrons. The average molecular weight is 244 g/mol. The fourth-order valence-electron chi connectivity index (χ4n) is 1.52. The van der Waals surface area contributed by atoms with Gasteiger partial charge in [-0.25, -0.2) is 15.0 Å². The van der Waals surface area contributed by atoms with Crippen LogP contribution < -0.4 is 10.1 Å². The van der Waals surface area contributed by atoms with Crippen LogP contribution in [0.15, 0.2) is 30.7 Å². The van der Waals surface area contributed by atoms with Gasteiger partial charge in [0.1, 0.15) is 12.1 Å². The molecule has 0 atom stereocenters. The minimum atomic E-state index is 0.595. The molecule has 5 heteroatoms. The number of rotatable bonds is 5. The third-order valence-electron chi connectivity index (χ3n) is 2.46. The molecule has 1 N–H and O–H groups in total. The Morgan fingerprint density at radius 1 is 1.22 bits per heavy atom. The van der Waals surface area contributed by atoms with Gasteiger partial charge in [0.25, 0.3) is 0 Å². The first-order chi connectivity index (χ1) is 8.83. The molecule has 0 aliphatic carbocycles. The molecule has 2 aromatic heterocycles. The van der Waals surface area contributed by atoms with Crippen molar-refractivity contribution in [3.05, 3.63) is 30.7 Å². The number of hydrogen-bond acceptors (Lipinski definition) is 5. The highest BCUT2D eigenvalue weighted by atomic mass is 16.5. The van der Waals surface area contributed by atoms with Gasteiger partial charge in [-0.15, -0.1) is 0 Å². The fraction of sp³-hybridized carbons (Fsp3) is 0.308. The number of nitrogens with zero attached hydrogens (tertiary/aromatic N) is 3. The molecule has 0 saturated heterocycles. The van der Waals surface area contributed by atoms with Gasteiger partial charge in [0.2, 0.25) is 5.88 Å². The van der Waals surface area contributed by atoms with Gasteiger partial charge < -0.3 is 10.1 Å². The maximum Gasteiger partial charge on any atom is 0.212 e. The molecule has 18 heavy (non-hydrogen) atoms. The molecule has 0 aliphatic heterocycles. The van der Waals surface area contributed by atoms with Crippen LogP contribution in [0.5, 0.6) is 5.88 Å². The Labute approximate surface area is 106 Å². The standard InChI is InChI=1S/C13H16N4O/c1-3-6-14-12-7-11(16-9-17-12)10-4-5-13(18-2)15-8-10/h4-5,7-9H,3,6H2,1-2H3,(H,14,16,17). The quantitative estimate of drug-likeness (QED) is 0.875. The number of anilines is 1. The van der Waals surface area contributed by atoms with Crippen molar-refractivity contribution < 1.29 is 4.74 Å². The largest absolute Gasteiger partial charge is 0.481 e. The zero-order chi connectivity index (χ0) is 12.8. The lowest BCUT2D eigenvalue weighted by molar-refractivity contribution is 0.398. The highest BCUT2D eigenvalue weighted by Gasteiger charge is 2.02. The zero-order valence-corrected chi connectivity index (χ0v) is 10.6. The van der Waals surface area contributed by atoms with Crippen LogP contribution in [0.4, 0.5) is 5.82 Å². The van der Waals surface area contributed by atoms with E-state index >= 15 is 0 Å². The molecule has 0 spiro atoms. The van der Waals surface area contributed by atoms with Crippen molar-refractivity contribution in [1.82, 2.24) is 15.0 Å². The highest BCUT2D eigenvalue weighted by Crippen LogP contribution is 2.19. The molecule has 0 aliphatic rings. The molecular formula is C13H16N4O. The van der Waals surface area contributed by atoms with Crippen molar-refractivity contribution in [3.8, 4) is 17.1 Å². The van der Waals surface area contributed by atoms with E-state index in [1.54, 1.807) is 19.6 Å². The second kappa shape index (κ2) is 5.95. The molecule has 0 aromatic carbocycles. The van der Waals surface area contributed by atoms with Gasteiger partial charge in [-0.3, -0.25) is 0 Å². The number of nitrogens with one attached hydrogen (secondary N) is 1. The first-order valence-corrected chi connectivity index (χ1v) is 5.90. The van der Waals surface area contributed by atoms with Gasteiger partial charge in [0.15, 0.2) is 0 Å². The molecule has 0 fully saturated rings. The third kappa shape index (κ3) is 2.94. The minimum Gasteiger partial charge on any atom is -0.481 e. The summed E-state index contributed by atoms with van der Waals surface area (Å²) in [6, 6.07) is 5.66. The van der Waals surface area contributed by atoms with E-state index in [-0.39, 0.29) is 0 Å². The van der Waals surface area contributed by atoms with Crippen molar-refractivity contribution in [3.63, 3.8) is 0 Å². The first-order valence-electron chi connectivity index (χ1n) is 5.90. The van der Waals surface area contributed by atoms with Crippen LogP contribution in [-0.4, -0.2) is 28.6 Å². The fourth-order valence-corrected chi connectivity index (χ4v) is 1.52. The van der Waals surface area contributed by atoms with E-state index in [0.29, 0.717) is 5.88 Å². The van der Waals surface area contributed by atoms with Gasteiger partial charge in [-0.2, -0.15) is 0 Å². The monoisotopic (exact) mass is 244 g/mol. The van der Waals surface area contributed by atoms with Crippen molar-refractivity contribution in [2.45, 2.75) is 13.3 Å². The molecule has 2 aromatic rings. The van der Waals surface area contributed by atoms with Crippen molar-refractivity contribution in [1.29, 1.82) is 0 Å².